The summed E-state index contributed by atoms with van der Waals surface area (Å²) in [6.45, 7) is 0. The number of nitrogens with zero attached hydrogens (tertiary/aromatic N) is 4. The molecule has 2 aliphatic rings. The molecule has 0 atom stereocenters. The van der Waals surface area contributed by atoms with Gasteiger partial charge in [-0.1, -0.05) is 18.2 Å². The number of rotatable bonds is 1. The van der Waals surface area contributed by atoms with Gasteiger partial charge in [-0.3, -0.25) is 13.9 Å². The average molecular weight is 372 g/mol. The summed E-state index contributed by atoms with van der Waals surface area (Å²) in [5.41, 5.74) is -1.51. The zero-order valence-electron chi connectivity index (χ0n) is 13.9. The van der Waals surface area contributed by atoms with Gasteiger partial charge in [-0.25, -0.2) is 9.78 Å². The zero-order valence-corrected chi connectivity index (χ0v) is 13.9. The van der Waals surface area contributed by atoms with Crippen LogP contribution in [0.5, 0.6) is 0 Å². The minimum atomic E-state index is -4.54. The number of hydrogen-bond donors (Lipinski definition) is 0. The summed E-state index contributed by atoms with van der Waals surface area (Å²) in [5.74, 6) is -0.0962. The van der Waals surface area contributed by atoms with Gasteiger partial charge in [0.25, 0.3) is 5.56 Å². The van der Waals surface area contributed by atoms with E-state index in [9.17, 15) is 22.8 Å². The highest BCUT2D eigenvalue weighted by Gasteiger charge is 2.31. The number of aromatic nitrogens is 4. The van der Waals surface area contributed by atoms with Gasteiger partial charge in [-0.05, 0) is 30.3 Å². The van der Waals surface area contributed by atoms with Crippen molar-refractivity contribution in [3.05, 3.63) is 74.9 Å². The fraction of sp³-hybridized carbons (Fsp3) is 0.111. The molecular formula is C18H11F3N4O2. The standard InChI is InChI=1S/C18H11F3N4O2/c1-24-16(26)14-15(23-17(24)27)25(13-8-3-2-7-12(13)22-14)11-6-4-5-10(9-11)18(19,20)21/h2-9H,1H3. The van der Waals surface area contributed by atoms with Gasteiger partial charge in [0.1, 0.15) is 0 Å². The van der Waals surface area contributed by atoms with Gasteiger partial charge >= 0.3 is 11.9 Å². The van der Waals surface area contributed by atoms with Crippen LogP contribution in [0.25, 0.3) is 28.2 Å². The van der Waals surface area contributed by atoms with Crippen LogP contribution in [0.2, 0.25) is 0 Å². The van der Waals surface area contributed by atoms with Crippen molar-refractivity contribution >= 4 is 11.0 Å². The maximum atomic E-state index is 13.2. The van der Waals surface area contributed by atoms with E-state index in [1.165, 1.54) is 23.7 Å². The summed E-state index contributed by atoms with van der Waals surface area (Å²) in [4.78, 5) is 32.6. The molecule has 6 nitrogen and oxygen atoms in total. The van der Waals surface area contributed by atoms with Crippen molar-refractivity contribution in [2.45, 2.75) is 6.18 Å². The second-order valence-corrected chi connectivity index (χ2v) is 5.91. The Balaban J connectivity index is 2.19. The highest BCUT2D eigenvalue weighted by molar-refractivity contribution is 5.81. The van der Waals surface area contributed by atoms with Crippen LogP contribution in [0.15, 0.2) is 58.1 Å². The van der Waals surface area contributed by atoms with Crippen molar-refractivity contribution in [2.24, 2.45) is 7.05 Å². The molecule has 0 fully saturated rings. The molecular weight excluding hydrogens is 361 g/mol. The van der Waals surface area contributed by atoms with Crippen LogP contribution in [0.1, 0.15) is 5.56 Å². The van der Waals surface area contributed by atoms with Gasteiger partial charge in [0.2, 0.25) is 0 Å². The third-order valence-electron chi connectivity index (χ3n) is 4.21. The SMILES string of the molecule is Cn1c(=O)nc2n(-c3cccc(C(F)(F)F)c3)c3ccccc3nc-2c1=O. The predicted octanol–water partition coefficient (Wildman–Crippen LogP) is 2.60. The van der Waals surface area contributed by atoms with E-state index >= 15 is 0 Å². The molecule has 2 heterocycles. The molecule has 0 spiro atoms. The Labute approximate surface area is 149 Å². The average Bonchev–Trinajstić information content (AvgIpc) is 2.64. The largest absolute Gasteiger partial charge is 0.416 e. The molecule has 4 rings (SSSR count). The molecule has 0 amide bonds. The summed E-state index contributed by atoms with van der Waals surface area (Å²) in [7, 11) is 1.27. The van der Waals surface area contributed by atoms with Crippen molar-refractivity contribution in [1.29, 1.82) is 0 Å². The summed E-state index contributed by atoms with van der Waals surface area (Å²) < 4.78 is 41.6. The van der Waals surface area contributed by atoms with Crippen molar-refractivity contribution in [3.63, 3.8) is 0 Å². The normalized spacial score (nSPS) is 12.0. The van der Waals surface area contributed by atoms with Crippen LogP contribution in [0.4, 0.5) is 13.2 Å². The Morgan fingerprint density at radius 2 is 1.70 bits per heavy atom. The molecule has 0 aliphatic carbocycles. The lowest BCUT2D eigenvalue weighted by atomic mass is 10.1. The summed E-state index contributed by atoms with van der Waals surface area (Å²) in [6.07, 6.45) is -4.54. The topological polar surface area (TPSA) is 69.8 Å². The van der Waals surface area contributed by atoms with Gasteiger partial charge in [0, 0.05) is 12.7 Å². The number of fused-ring (bicyclic) bond motifs is 2. The van der Waals surface area contributed by atoms with Gasteiger partial charge in [-0.15, -0.1) is 0 Å². The van der Waals surface area contributed by atoms with E-state index in [1.54, 1.807) is 24.3 Å². The highest BCUT2D eigenvalue weighted by Crippen LogP contribution is 2.32. The summed E-state index contributed by atoms with van der Waals surface area (Å²) in [5, 5.41) is 0. The van der Waals surface area contributed by atoms with E-state index in [0.29, 0.717) is 11.0 Å². The van der Waals surface area contributed by atoms with Crippen LogP contribution in [-0.4, -0.2) is 19.1 Å². The minimum Gasteiger partial charge on any atom is -0.291 e. The lowest BCUT2D eigenvalue weighted by molar-refractivity contribution is -0.137. The minimum absolute atomic E-state index is 0.0962. The van der Waals surface area contributed by atoms with E-state index < -0.39 is 23.0 Å². The Morgan fingerprint density at radius 1 is 0.963 bits per heavy atom. The third-order valence-corrected chi connectivity index (χ3v) is 4.21. The van der Waals surface area contributed by atoms with E-state index in [2.05, 4.69) is 9.97 Å². The lowest BCUT2D eigenvalue weighted by Crippen LogP contribution is -2.36. The summed E-state index contributed by atoms with van der Waals surface area (Å²) >= 11 is 0. The van der Waals surface area contributed by atoms with Gasteiger partial charge in [0.05, 0.1) is 16.6 Å². The fourth-order valence-electron chi connectivity index (χ4n) is 2.88. The fourth-order valence-corrected chi connectivity index (χ4v) is 2.88. The van der Waals surface area contributed by atoms with Crippen molar-refractivity contribution in [1.82, 2.24) is 19.1 Å². The number of hydrogen-bond acceptors (Lipinski definition) is 4. The molecule has 2 aromatic rings. The van der Waals surface area contributed by atoms with Crippen LogP contribution >= 0.6 is 0 Å². The van der Waals surface area contributed by atoms with Crippen LogP contribution < -0.4 is 11.2 Å². The number of halogens is 3. The first-order chi connectivity index (χ1) is 12.8. The molecule has 27 heavy (non-hydrogen) atoms. The monoisotopic (exact) mass is 372 g/mol. The Bertz CT molecular complexity index is 1270. The van der Waals surface area contributed by atoms with E-state index in [-0.39, 0.29) is 17.2 Å². The molecule has 0 radical (unpaired) electrons. The maximum Gasteiger partial charge on any atom is 0.416 e. The second kappa shape index (κ2) is 5.76. The molecule has 2 aromatic carbocycles. The predicted molar refractivity (Wildman–Crippen MR) is 92.0 cm³/mol. The first-order valence-electron chi connectivity index (χ1n) is 7.83. The van der Waals surface area contributed by atoms with Crippen molar-refractivity contribution in [3.8, 4) is 17.2 Å². The first-order valence-corrected chi connectivity index (χ1v) is 7.83. The third kappa shape index (κ3) is 2.67. The van der Waals surface area contributed by atoms with Crippen LogP contribution in [0.3, 0.4) is 0 Å². The molecule has 0 saturated carbocycles. The van der Waals surface area contributed by atoms with Crippen LogP contribution in [0, 0.1) is 0 Å². The molecule has 0 unspecified atom stereocenters. The van der Waals surface area contributed by atoms with Gasteiger partial charge in [-0.2, -0.15) is 18.2 Å². The number of benzene rings is 2. The Hall–Kier alpha value is -3.49. The molecule has 2 aliphatic heterocycles. The lowest BCUT2D eigenvalue weighted by Gasteiger charge is -2.18. The molecule has 136 valence electrons. The van der Waals surface area contributed by atoms with E-state index in [4.69, 9.17) is 0 Å². The van der Waals surface area contributed by atoms with Crippen molar-refractivity contribution in [2.75, 3.05) is 0 Å². The van der Waals surface area contributed by atoms with Gasteiger partial charge < -0.3 is 0 Å². The maximum absolute atomic E-state index is 13.2. The second-order valence-electron chi connectivity index (χ2n) is 5.91. The number of para-hydroxylation sites is 2. The molecule has 9 heteroatoms. The Morgan fingerprint density at radius 3 is 2.44 bits per heavy atom. The van der Waals surface area contributed by atoms with Crippen molar-refractivity contribution < 1.29 is 13.2 Å². The zero-order chi connectivity index (χ0) is 19.3. The van der Waals surface area contributed by atoms with E-state index in [0.717, 1.165) is 16.7 Å². The summed E-state index contributed by atoms with van der Waals surface area (Å²) in [6, 6.07) is 11.2. The molecule has 0 bridgehead atoms. The molecule has 0 saturated heterocycles. The van der Waals surface area contributed by atoms with Gasteiger partial charge in [0.15, 0.2) is 11.5 Å². The quantitative estimate of drug-likeness (QED) is 0.482. The van der Waals surface area contributed by atoms with E-state index in [1.807, 2.05) is 0 Å². The van der Waals surface area contributed by atoms with Crippen LogP contribution in [-0.2, 0) is 13.2 Å². The highest BCUT2D eigenvalue weighted by atomic mass is 19.4. The molecule has 0 N–H and O–H groups in total. The molecule has 0 aromatic heterocycles. The first kappa shape index (κ1) is 17.0. The smallest absolute Gasteiger partial charge is 0.291 e. The Kier molecular flexibility index (Phi) is 3.62. The number of alkyl halides is 3.